The van der Waals surface area contributed by atoms with E-state index in [2.05, 4.69) is 20.6 Å². The number of carbonyl (C=O) groups excluding carboxylic acids is 1. The summed E-state index contributed by atoms with van der Waals surface area (Å²) in [5, 5.41) is 6.51. The number of amides is 1. The Morgan fingerprint density at radius 3 is 2.37 bits per heavy atom. The van der Waals surface area contributed by atoms with Crippen molar-refractivity contribution in [2.75, 3.05) is 32.0 Å². The molecular weight excluding hydrogens is 368 g/mol. The summed E-state index contributed by atoms with van der Waals surface area (Å²) in [5.74, 6) is 1.07. The second-order valence-corrected chi connectivity index (χ2v) is 6.30. The van der Waals surface area contributed by atoms with Crippen molar-refractivity contribution in [1.82, 2.24) is 9.97 Å². The Labute approximate surface area is 160 Å². The molecule has 2 heterocycles. The summed E-state index contributed by atoms with van der Waals surface area (Å²) in [7, 11) is 4.55. The molecule has 0 saturated carbocycles. The number of nitrogens with one attached hydrogen (secondary N) is 2. The second-order valence-electron chi connectivity index (χ2n) is 5.26. The molecule has 3 aromatic rings. The number of pyridine rings is 1. The highest BCUT2D eigenvalue weighted by molar-refractivity contribution is 7.17. The Morgan fingerprint density at radius 1 is 1.04 bits per heavy atom. The largest absolute Gasteiger partial charge is 0.493 e. The standard InChI is InChI=1S/C18H18N4O4S/c1-24-13-7-12(8-14(25-2)16(13)26-3)21-17(23)15-10-20-18(27-15)22-11-5-4-6-19-9-11/h4-10H,1-3H3,(H,20,22)(H,21,23). The van der Waals surface area contributed by atoms with Gasteiger partial charge in [0.2, 0.25) is 5.75 Å². The van der Waals surface area contributed by atoms with Crippen molar-refractivity contribution in [2.24, 2.45) is 0 Å². The predicted octanol–water partition coefficient (Wildman–Crippen LogP) is 3.56. The minimum absolute atomic E-state index is 0.291. The molecule has 2 N–H and O–H groups in total. The summed E-state index contributed by atoms with van der Waals surface area (Å²) in [6.07, 6.45) is 4.87. The van der Waals surface area contributed by atoms with Crippen LogP contribution in [0.3, 0.4) is 0 Å². The fraction of sp³-hybridized carbons (Fsp3) is 0.167. The molecule has 2 aromatic heterocycles. The van der Waals surface area contributed by atoms with Crippen molar-refractivity contribution in [2.45, 2.75) is 0 Å². The first-order chi connectivity index (χ1) is 13.1. The quantitative estimate of drug-likeness (QED) is 0.641. The van der Waals surface area contributed by atoms with Crippen molar-refractivity contribution in [3.8, 4) is 17.2 Å². The highest BCUT2D eigenvalue weighted by Gasteiger charge is 2.16. The van der Waals surface area contributed by atoms with Crippen LogP contribution in [0.25, 0.3) is 0 Å². The maximum Gasteiger partial charge on any atom is 0.267 e. The predicted molar refractivity (Wildman–Crippen MR) is 104 cm³/mol. The number of aromatic nitrogens is 2. The van der Waals surface area contributed by atoms with E-state index in [9.17, 15) is 4.79 Å². The smallest absolute Gasteiger partial charge is 0.267 e. The van der Waals surface area contributed by atoms with E-state index in [1.54, 1.807) is 24.5 Å². The van der Waals surface area contributed by atoms with Gasteiger partial charge in [0.1, 0.15) is 4.88 Å². The lowest BCUT2D eigenvalue weighted by Gasteiger charge is -2.14. The topological polar surface area (TPSA) is 94.6 Å². The molecule has 0 aliphatic rings. The second kappa shape index (κ2) is 8.37. The normalized spacial score (nSPS) is 10.2. The van der Waals surface area contributed by atoms with Gasteiger partial charge < -0.3 is 24.8 Å². The third-order valence-corrected chi connectivity index (χ3v) is 4.48. The molecule has 1 aromatic carbocycles. The van der Waals surface area contributed by atoms with Crippen LogP contribution in [0, 0.1) is 0 Å². The van der Waals surface area contributed by atoms with E-state index < -0.39 is 0 Å². The molecular formula is C18H18N4O4S. The molecule has 0 atom stereocenters. The first kappa shape index (κ1) is 18.5. The zero-order valence-electron chi connectivity index (χ0n) is 15.0. The van der Waals surface area contributed by atoms with Crippen LogP contribution in [0.5, 0.6) is 17.2 Å². The number of hydrogen-bond acceptors (Lipinski definition) is 8. The number of methoxy groups -OCH3 is 3. The number of ether oxygens (including phenoxy) is 3. The van der Waals surface area contributed by atoms with Gasteiger partial charge in [0.05, 0.1) is 39.4 Å². The van der Waals surface area contributed by atoms with E-state index in [0.717, 1.165) is 5.69 Å². The Morgan fingerprint density at radius 2 is 1.78 bits per heavy atom. The molecule has 0 saturated heterocycles. The lowest BCUT2D eigenvalue weighted by atomic mass is 10.2. The fourth-order valence-electron chi connectivity index (χ4n) is 2.34. The van der Waals surface area contributed by atoms with Gasteiger partial charge in [-0.2, -0.15) is 0 Å². The van der Waals surface area contributed by atoms with Crippen LogP contribution in [0.2, 0.25) is 0 Å². The van der Waals surface area contributed by atoms with Crippen LogP contribution in [0.15, 0.2) is 42.9 Å². The van der Waals surface area contributed by atoms with Crippen LogP contribution in [0.4, 0.5) is 16.5 Å². The van der Waals surface area contributed by atoms with Crippen LogP contribution >= 0.6 is 11.3 Å². The van der Waals surface area contributed by atoms with Crippen LogP contribution in [-0.2, 0) is 0 Å². The van der Waals surface area contributed by atoms with E-state index >= 15 is 0 Å². The maximum absolute atomic E-state index is 12.5. The zero-order valence-corrected chi connectivity index (χ0v) is 15.8. The van der Waals surface area contributed by atoms with E-state index in [1.165, 1.54) is 38.9 Å². The van der Waals surface area contributed by atoms with Gasteiger partial charge >= 0.3 is 0 Å². The third-order valence-electron chi connectivity index (χ3n) is 3.56. The van der Waals surface area contributed by atoms with Gasteiger partial charge in [-0.1, -0.05) is 11.3 Å². The summed E-state index contributed by atoms with van der Waals surface area (Å²) in [4.78, 5) is 21.2. The lowest BCUT2D eigenvalue weighted by Crippen LogP contribution is -2.10. The lowest BCUT2D eigenvalue weighted by molar-refractivity contribution is 0.103. The van der Waals surface area contributed by atoms with Crippen molar-refractivity contribution < 1.29 is 19.0 Å². The maximum atomic E-state index is 12.5. The Hall–Kier alpha value is -3.33. The summed E-state index contributed by atoms with van der Waals surface area (Å²) in [5.41, 5.74) is 1.31. The Balaban J connectivity index is 1.76. The van der Waals surface area contributed by atoms with E-state index in [1.807, 2.05) is 12.1 Å². The molecule has 9 heteroatoms. The average Bonchev–Trinajstić information content (AvgIpc) is 3.16. The van der Waals surface area contributed by atoms with Crippen LogP contribution in [0.1, 0.15) is 9.67 Å². The number of thiazole rings is 1. The third kappa shape index (κ3) is 4.26. The molecule has 0 bridgehead atoms. The molecule has 0 unspecified atom stereocenters. The van der Waals surface area contributed by atoms with Crippen molar-refractivity contribution >= 4 is 33.8 Å². The monoisotopic (exact) mass is 386 g/mol. The SMILES string of the molecule is COc1cc(NC(=O)c2cnc(Nc3cccnc3)s2)cc(OC)c1OC. The average molecular weight is 386 g/mol. The van der Waals surface area contributed by atoms with Gasteiger partial charge in [-0.25, -0.2) is 4.98 Å². The van der Waals surface area contributed by atoms with Gasteiger partial charge in [0, 0.05) is 24.0 Å². The Kier molecular flexibility index (Phi) is 5.72. The molecule has 0 spiro atoms. The first-order valence-corrected chi connectivity index (χ1v) is 8.70. The van der Waals surface area contributed by atoms with Gasteiger partial charge in [-0.3, -0.25) is 9.78 Å². The van der Waals surface area contributed by atoms with Gasteiger partial charge in [-0.15, -0.1) is 0 Å². The zero-order chi connectivity index (χ0) is 19.2. The van der Waals surface area contributed by atoms with Gasteiger partial charge in [-0.05, 0) is 12.1 Å². The molecule has 1 amide bonds. The number of rotatable bonds is 7. The highest BCUT2D eigenvalue weighted by Crippen LogP contribution is 2.40. The molecule has 0 aliphatic heterocycles. The van der Waals surface area contributed by atoms with E-state index in [-0.39, 0.29) is 5.91 Å². The highest BCUT2D eigenvalue weighted by atomic mass is 32.1. The fourth-order valence-corrected chi connectivity index (χ4v) is 3.07. The van der Waals surface area contributed by atoms with Crippen molar-refractivity contribution in [3.05, 3.63) is 47.7 Å². The summed E-state index contributed by atoms with van der Waals surface area (Å²) in [6.45, 7) is 0. The minimum atomic E-state index is -0.291. The number of hydrogen-bond donors (Lipinski definition) is 2. The van der Waals surface area contributed by atoms with E-state index in [4.69, 9.17) is 14.2 Å². The van der Waals surface area contributed by atoms with Crippen molar-refractivity contribution in [3.63, 3.8) is 0 Å². The number of nitrogens with zero attached hydrogens (tertiary/aromatic N) is 2. The van der Waals surface area contributed by atoms with Gasteiger partial charge in [0.25, 0.3) is 5.91 Å². The van der Waals surface area contributed by atoms with Crippen LogP contribution in [-0.4, -0.2) is 37.2 Å². The first-order valence-electron chi connectivity index (χ1n) is 7.89. The molecule has 3 rings (SSSR count). The number of anilines is 3. The van der Waals surface area contributed by atoms with Gasteiger partial charge in [0.15, 0.2) is 16.6 Å². The molecule has 27 heavy (non-hydrogen) atoms. The molecule has 0 radical (unpaired) electrons. The minimum Gasteiger partial charge on any atom is -0.493 e. The Bertz CT molecular complexity index is 905. The molecule has 0 fully saturated rings. The summed E-state index contributed by atoms with van der Waals surface area (Å²) < 4.78 is 15.9. The van der Waals surface area contributed by atoms with Crippen LogP contribution < -0.4 is 24.8 Å². The van der Waals surface area contributed by atoms with Crippen molar-refractivity contribution in [1.29, 1.82) is 0 Å². The summed E-state index contributed by atoms with van der Waals surface area (Å²) >= 11 is 1.23. The number of carbonyl (C=O) groups is 1. The molecule has 140 valence electrons. The summed E-state index contributed by atoms with van der Waals surface area (Å²) in [6, 6.07) is 7.00. The van der Waals surface area contributed by atoms with E-state index in [0.29, 0.717) is 32.9 Å². The number of benzene rings is 1. The molecule has 8 nitrogen and oxygen atoms in total. The molecule has 0 aliphatic carbocycles.